The van der Waals surface area contributed by atoms with Gasteiger partial charge in [0.25, 0.3) is 0 Å². The van der Waals surface area contributed by atoms with Crippen molar-refractivity contribution in [3.05, 3.63) is 11.6 Å². The topological polar surface area (TPSA) is 48.7 Å². The predicted molar refractivity (Wildman–Crippen MR) is 69.7 cm³/mol. The van der Waals surface area contributed by atoms with E-state index in [1.807, 2.05) is 25.4 Å². The molecule has 0 saturated carbocycles. The molecule has 1 rings (SSSR count). The molecule has 1 N–H and O–H groups in total. The zero-order chi connectivity index (χ0) is 12.0. The van der Waals surface area contributed by atoms with Gasteiger partial charge in [0, 0.05) is 16.8 Å². The van der Waals surface area contributed by atoms with Crippen molar-refractivity contribution >= 4 is 23.1 Å². The molecule has 0 aliphatic rings. The second kappa shape index (κ2) is 6.24. The Bertz CT molecular complexity index is 345. The summed E-state index contributed by atoms with van der Waals surface area (Å²) in [5, 5.41) is 14.7. The van der Waals surface area contributed by atoms with Crippen LogP contribution in [0.4, 0.5) is 0 Å². The molecule has 0 aliphatic heterocycles. The first-order chi connectivity index (χ1) is 7.59. The van der Waals surface area contributed by atoms with Gasteiger partial charge in [-0.15, -0.1) is 11.3 Å². The Morgan fingerprint density at radius 1 is 1.75 bits per heavy atom. The zero-order valence-electron chi connectivity index (χ0n) is 9.86. The molecule has 2 atom stereocenters. The Morgan fingerprint density at radius 3 is 3.00 bits per heavy atom. The molecule has 88 valence electrons. The molecule has 0 saturated heterocycles. The minimum atomic E-state index is -0.432. The van der Waals surface area contributed by atoms with Crippen molar-refractivity contribution < 1.29 is 0 Å². The van der Waals surface area contributed by atoms with E-state index in [1.165, 1.54) is 0 Å². The van der Waals surface area contributed by atoms with Gasteiger partial charge in [-0.3, -0.25) is 5.32 Å². The summed E-state index contributed by atoms with van der Waals surface area (Å²) in [5.41, 5.74) is -0.432. The molecule has 0 bridgehead atoms. The highest BCUT2D eigenvalue weighted by molar-refractivity contribution is 8.01. The largest absolute Gasteiger partial charge is 0.300 e. The summed E-state index contributed by atoms with van der Waals surface area (Å²) in [4.78, 5) is 4.24. The molecule has 1 heterocycles. The van der Waals surface area contributed by atoms with Crippen molar-refractivity contribution in [2.75, 3.05) is 6.54 Å². The zero-order valence-corrected chi connectivity index (χ0v) is 11.5. The molecule has 0 aromatic carbocycles. The van der Waals surface area contributed by atoms with Crippen molar-refractivity contribution in [3.8, 4) is 6.07 Å². The fourth-order valence-corrected chi connectivity index (χ4v) is 3.73. The second-order valence-corrected chi connectivity index (χ2v) is 6.48. The van der Waals surface area contributed by atoms with Crippen LogP contribution in [-0.4, -0.2) is 22.3 Å². The van der Waals surface area contributed by atoms with Crippen LogP contribution in [0, 0.1) is 11.3 Å². The predicted octanol–water partition coefficient (Wildman–Crippen LogP) is 2.91. The standard InChI is InChI=1S/C11H17N3S2/c1-4-14-11(3,8-12)7-9(2)16-10-13-5-6-15-10/h5-6,9,14H,4,7H2,1-3H3. The van der Waals surface area contributed by atoms with Gasteiger partial charge < -0.3 is 0 Å². The van der Waals surface area contributed by atoms with Crippen LogP contribution in [0.15, 0.2) is 15.9 Å². The average molecular weight is 255 g/mol. The van der Waals surface area contributed by atoms with E-state index in [0.29, 0.717) is 5.25 Å². The average Bonchev–Trinajstić information content (AvgIpc) is 2.70. The summed E-state index contributed by atoms with van der Waals surface area (Å²) in [5.74, 6) is 0. The maximum Gasteiger partial charge on any atom is 0.150 e. The van der Waals surface area contributed by atoms with Crippen molar-refractivity contribution in [1.29, 1.82) is 5.26 Å². The van der Waals surface area contributed by atoms with Gasteiger partial charge in [0.1, 0.15) is 9.88 Å². The van der Waals surface area contributed by atoms with Gasteiger partial charge >= 0.3 is 0 Å². The number of nitriles is 1. The van der Waals surface area contributed by atoms with Gasteiger partial charge in [-0.2, -0.15) is 5.26 Å². The van der Waals surface area contributed by atoms with Crippen LogP contribution in [0.3, 0.4) is 0 Å². The maximum atomic E-state index is 9.16. The van der Waals surface area contributed by atoms with Crippen LogP contribution in [0.25, 0.3) is 0 Å². The summed E-state index contributed by atoms with van der Waals surface area (Å²) < 4.78 is 1.07. The Kier molecular flexibility index (Phi) is 5.26. The molecule has 0 fully saturated rings. The molecule has 16 heavy (non-hydrogen) atoms. The smallest absolute Gasteiger partial charge is 0.150 e. The third-order valence-corrected chi connectivity index (χ3v) is 4.24. The van der Waals surface area contributed by atoms with E-state index < -0.39 is 5.54 Å². The van der Waals surface area contributed by atoms with Crippen LogP contribution in [0.2, 0.25) is 0 Å². The number of thiazole rings is 1. The Labute approximate surface area is 105 Å². The van der Waals surface area contributed by atoms with E-state index in [4.69, 9.17) is 5.26 Å². The lowest BCUT2D eigenvalue weighted by molar-refractivity contribution is 0.429. The first kappa shape index (κ1) is 13.5. The third kappa shape index (κ3) is 4.12. The highest BCUT2D eigenvalue weighted by Gasteiger charge is 2.25. The lowest BCUT2D eigenvalue weighted by Gasteiger charge is -2.25. The van der Waals surface area contributed by atoms with E-state index in [9.17, 15) is 0 Å². The molecule has 1 aromatic rings. The fraction of sp³-hybridized carbons (Fsp3) is 0.636. The first-order valence-corrected chi connectivity index (χ1v) is 7.08. The lowest BCUT2D eigenvalue weighted by atomic mass is 9.98. The van der Waals surface area contributed by atoms with Crippen LogP contribution >= 0.6 is 23.1 Å². The van der Waals surface area contributed by atoms with Gasteiger partial charge in [-0.05, 0) is 19.9 Å². The van der Waals surface area contributed by atoms with Gasteiger partial charge in [-0.1, -0.05) is 25.6 Å². The van der Waals surface area contributed by atoms with Crippen LogP contribution in [0.5, 0.6) is 0 Å². The van der Waals surface area contributed by atoms with Gasteiger partial charge in [0.15, 0.2) is 0 Å². The number of hydrogen-bond acceptors (Lipinski definition) is 5. The van der Waals surface area contributed by atoms with Crippen LogP contribution in [0.1, 0.15) is 27.2 Å². The van der Waals surface area contributed by atoms with Gasteiger partial charge in [-0.25, -0.2) is 4.98 Å². The normalized spacial score (nSPS) is 16.4. The van der Waals surface area contributed by atoms with E-state index >= 15 is 0 Å². The summed E-state index contributed by atoms with van der Waals surface area (Å²) in [6.45, 7) is 6.93. The second-order valence-electron chi connectivity index (χ2n) is 3.90. The molecule has 0 spiro atoms. The number of aromatic nitrogens is 1. The summed E-state index contributed by atoms with van der Waals surface area (Å²) in [6.07, 6.45) is 2.63. The van der Waals surface area contributed by atoms with E-state index in [1.54, 1.807) is 23.1 Å². The minimum Gasteiger partial charge on any atom is -0.300 e. The van der Waals surface area contributed by atoms with Crippen LogP contribution in [-0.2, 0) is 0 Å². The number of thioether (sulfide) groups is 1. The highest BCUT2D eigenvalue weighted by atomic mass is 32.2. The number of hydrogen-bond donors (Lipinski definition) is 1. The SMILES string of the molecule is CCNC(C)(C#N)CC(C)Sc1nccs1. The van der Waals surface area contributed by atoms with E-state index in [-0.39, 0.29) is 0 Å². The Morgan fingerprint density at radius 2 is 2.50 bits per heavy atom. The molecular weight excluding hydrogens is 238 g/mol. The Hall–Kier alpha value is -0.570. The molecule has 1 aromatic heterocycles. The molecule has 2 unspecified atom stereocenters. The molecule has 5 heteroatoms. The molecule has 0 aliphatic carbocycles. The van der Waals surface area contributed by atoms with Crippen molar-refractivity contribution in [1.82, 2.24) is 10.3 Å². The number of nitrogens with zero attached hydrogens (tertiary/aromatic N) is 2. The monoisotopic (exact) mass is 255 g/mol. The summed E-state index contributed by atoms with van der Waals surface area (Å²) >= 11 is 3.38. The van der Waals surface area contributed by atoms with Crippen LogP contribution < -0.4 is 5.32 Å². The van der Waals surface area contributed by atoms with E-state index in [0.717, 1.165) is 17.3 Å². The van der Waals surface area contributed by atoms with Crippen molar-refractivity contribution in [3.63, 3.8) is 0 Å². The molecule has 3 nitrogen and oxygen atoms in total. The lowest BCUT2D eigenvalue weighted by Crippen LogP contribution is -2.42. The summed E-state index contributed by atoms with van der Waals surface area (Å²) in [6, 6.07) is 2.35. The van der Waals surface area contributed by atoms with Crippen molar-refractivity contribution in [2.45, 2.75) is 42.3 Å². The number of nitrogens with one attached hydrogen (secondary N) is 1. The fourth-order valence-electron chi connectivity index (χ4n) is 1.60. The van der Waals surface area contributed by atoms with Gasteiger partial charge in [0.2, 0.25) is 0 Å². The molecule has 0 radical (unpaired) electrons. The Balaban J connectivity index is 2.50. The number of rotatable bonds is 6. The van der Waals surface area contributed by atoms with Gasteiger partial charge in [0.05, 0.1) is 6.07 Å². The maximum absolute atomic E-state index is 9.16. The van der Waals surface area contributed by atoms with E-state index in [2.05, 4.69) is 23.3 Å². The summed E-state index contributed by atoms with van der Waals surface area (Å²) in [7, 11) is 0. The minimum absolute atomic E-state index is 0.384. The third-order valence-electron chi connectivity index (χ3n) is 2.22. The highest BCUT2D eigenvalue weighted by Crippen LogP contribution is 2.29. The molecule has 0 amide bonds. The molecular formula is C11H17N3S2. The van der Waals surface area contributed by atoms with Crippen molar-refractivity contribution in [2.24, 2.45) is 0 Å². The quantitative estimate of drug-likeness (QED) is 0.794. The first-order valence-electron chi connectivity index (χ1n) is 5.32.